The molecule has 0 aliphatic heterocycles. The van der Waals surface area contributed by atoms with Crippen LogP contribution in [0, 0.1) is 5.92 Å². The quantitative estimate of drug-likeness (QED) is 0.709. The number of hydrogen-bond acceptors (Lipinski definition) is 3. The van der Waals surface area contributed by atoms with Gasteiger partial charge in [-0.25, -0.2) is 4.79 Å². The van der Waals surface area contributed by atoms with Crippen LogP contribution in [0.4, 0.5) is 4.79 Å². The third kappa shape index (κ3) is 5.50. The Hall–Kier alpha value is -1.91. The van der Waals surface area contributed by atoms with Crippen LogP contribution in [0.5, 0.6) is 11.5 Å². The minimum atomic E-state index is -1.06. The fourth-order valence-corrected chi connectivity index (χ4v) is 1.51. The Labute approximate surface area is 113 Å². The van der Waals surface area contributed by atoms with Crippen LogP contribution in [0.2, 0.25) is 0 Å². The normalized spacial score (nSPS) is 11.9. The highest BCUT2D eigenvalue weighted by atomic mass is 16.5. The van der Waals surface area contributed by atoms with E-state index in [2.05, 4.69) is 19.2 Å². The maximum atomic E-state index is 10.3. The second-order valence-corrected chi connectivity index (χ2v) is 4.60. The van der Waals surface area contributed by atoms with E-state index < -0.39 is 6.09 Å². The lowest BCUT2D eigenvalue weighted by atomic mass is 10.1. The van der Waals surface area contributed by atoms with E-state index >= 15 is 0 Å². The zero-order valence-electron chi connectivity index (χ0n) is 11.3. The first kappa shape index (κ1) is 15.1. The van der Waals surface area contributed by atoms with Gasteiger partial charge in [0.25, 0.3) is 0 Å². The van der Waals surface area contributed by atoms with Gasteiger partial charge in [0.15, 0.2) is 0 Å². The fourth-order valence-electron chi connectivity index (χ4n) is 1.51. The summed E-state index contributed by atoms with van der Waals surface area (Å²) in [5.74, 6) is 1.24. The van der Waals surface area contributed by atoms with Crippen molar-refractivity contribution in [2.45, 2.75) is 26.7 Å². The van der Waals surface area contributed by atoms with Gasteiger partial charge in [-0.1, -0.05) is 26.3 Å². The topological polar surface area (TPSA) is 78.8 Å². The lowest BCUT2D eigenvalue weighted by Crippen LogP contribution is -2.23. The SMILES string of the molecule is CC[C@H](C)COc1ccc(CCNC(=O)O)c(O)c1. The molecule has 1 atom stereocenters. The average molecular weight is 267 g/mol. The minimum absolute atomic E-state index is 0.133. The number of carbonyl (C=O) groups is 1. The van der Waals surface area contributed by atoms with E-state index in [0.29, 0.717) is 30.3 Å². The molecule has 0 spiro atoms. The summed E-state index contributed by atoms with van der Waals surface area (Å²) in [4.78, 5) is 10.3. The Morgan fingerprint density at radius 1 is 1.47 bits per heavy atom. The van der Waals surface area contributed by atoms with E-state index in [0.717, 1.165) is 6.42 Å². The predicted octanol–water partition coefficient (Wildman–Crippen LogP) is 2.63. The van der Waals surface area contributed by atoms with Gasteiger partial charge in [-0.15, -0.1) is 0 Å². The molecule has 0 bridgehead atoms. The molecule has 5 nitrogen and oxygen atoms in total. The number of carboxylic acid groups (broad SMARTS) is 1. The summed E-state index contributed by atoms with van der Waals surface area (Å²) < 4.78 is 5.57. The zero-order valence-corrected chi connectivity index (χ0v) is 11.3. The summed E-state index contributed by atoms with van der Waals surface area (Å²) in [6.45, 7) is 5.10. The lowest BCUT2D eigenvalue weighted by molar-refractivity contribution is 0.194. The Bertz CT molecular complexity index is 420. The van der Waals surface area contributed by atoms with Crippen molar-refractivity contribution in [3.05, 3.63) is 23.8 Å². The molecule has 1 aromatic carbocycles. The molecule has 0 heterocycles. The van der Waals surface area contributed by atoms with Crippen molar-refractivity contribution < 1.29 is 19.7 Å². The average Bonchev–Trinajstić information content (AvgIpc) is 2.37. The van der Waals surface area contributed by atoms with Crippen LogP contribution in [0.3, 0.4) is 0 Å². The summed E-state index contributed by atoms with van der Waals surface area (Å²) in [7, 11) is 0. The summed E-state index contributed by atoms with van der Waals surface area (Å²) in [6.07, 6.45) is 0.433. The molecule has 1 aromatic rings. The Kier molecular flexibility index (Phi) is 5.99. The monoisotopic (exact) mass is 267 g/mol. The number of benzene rings is 1. The molecule has 0 unspecified atom stereocenters. The number of nitrogens with one attached hydrogen (secondary N) is 1. The first-order valence-electron chi connectivity index (χ1n) is 6.44. The van der Waals surface area contributed by atoms with Crippen LogP contribution in [0.1, 0.15) is 25.8 Å². The molecule has 5 heteroatoms. The van der Waals surface area contributed by atoms with Gasteiger partial charge in [0.2, 0.25) is 0 Å². The minimum Gasteiger partial charge on any atom is -0.508 e. The van der Waals surface area contributed by atoms with Crippen molar-refractivity contribution in [3.8, 4) is 11.5 Å². The first-order valence-corrected chi connectivity index (χ1v) is 6.44. The number of aromatic hydroxyl groups is 1. The predicted molar refractivity (Wildman–Crippen MR) is 72.8 cm³/mol. The molecular weight excluding hydrogens is 246 g/mol. The van der Waals surface area contributed by atoms with Crippen LogP contribution in [-0.2, 0) is 6.42 Å². The van der Waals surface area contributed by atoms with E-state index in [9.17, 15) is 9.90 Å². The van der Waals surface area contributed by atoms with Gasteiger partial charge in [0.05, 0.1) is 6.61 Å². The highest BCUT2D eigenvalue weighted by molar-refractivity contribution is 5.64. The van der Waals surface area contributed by atoms with E-state index in [-0.39, 0.29) is 12.3 Å². The Balaban J connectivity index is 2.51. The Morgan fingerprint density at radius 2 is 2.21 bits per heavy atom. The standard InChI is InChI=1S/C14H21NO4/c1-3-10(2)9-19-12-5-4-11(13(16)8-12)6-7-15-14(17)18/h4-5,8,10,15-16H,3,6-7,9H2,1-2H3,(H,17,18)/t10-/m0/s1. The van der Waals surface area contributed by atoms with Gasteiger partial charge < -0.3 is 20.3 Å². The summed E-state index contributed by atoms with van der Waals surface area (Å²) >= 11 is 0. The summed E-state index contributed by atoms with van der Waals surface area (Å²) in [5, 5.41) is 20.5. The molecular formula is C14H21NO4. The highest BCUT2D eigenvalue weighted by Crippen LogP contribution is 2.24. The number of phenolic OH excluding ortho intramolecular Hbond substituents is 1. The fraction of sp³-hybridized carbons (Fsp3) is 0.500. The van der Waals surface area contributed by atoms with Gasteiger partial charge in [-0.2, -0.15) is 0 Å². The third-order valence-corrected chi connectivity index (χ3v) is 2.96. The number of amides is 1. The summed E-state index contributed by atoms with van der Waals surface area (Å²) in [5.41, 5.74) is 0.699. The van der Waals surface area contributed by atoms with Gasteiger partial charge in [0.1, 0.15) is 11.5 Å². The van der Waals surface area contributed by atoms with E-state index in [1.54, 1.807) is 18.2 Å². The summed E-state index contributed by atoms with van der Waals surface area (Å²) in [6, 6.07) is 5.11. The van der Waals surface area contributed by atoms with Gasteiger partial charge in [-0.05, 0) is 24.0 Å². The van der Waals surface area contributed by atoms with Crippen LogP contribution in [-0.4, -0.2) is 29.5 Å². The van der Waals surface area contributed by atoms with Crippen molar-refractivity contribution in [1.29, 1.82) is 0 Å². The molecule has 3 N–H and O–H groups in total. The molecule has 0 radical (unpaired) electrons. The second kappa shape index (κ2) is 7.51. The molecule has 0 fully saturated rings. The van der Waals surface area contributed by atoms with Gasteiger partial charge in [-0.3, -0.25) is 0 Å². The lowest BCUT2D eigenvalue weighted by Gasteiger charge is -2.12. The van der Waals surface area contributed by atoms with E-state index in [1.165, 1.54) is 0 Å². The molecule has 106 valence electrons. The maximum Gasteiger partial charge on any atom is 0.404 e. The van der Waals surface area contributed by atoms with Crippen molar-refractivity contribution in [3.63, 3.8) is 0 Å². The third-order valence-electron chi connectivity index (χ3n) is 2.96. The second-order valence-electron chi connectivity index (χ2n) is 4.60. The van der Waals surface area contributed by atoms with Crippen LogP contribution in [0.15, 0.2) is 18.2 Å². The van der Waals surface area contributed by atoms with E-state index in [1.807, 2.05) is 0 Å². The van der Waals surface area contributed by atoms with Crippen LogP contribution >= 0.6 is 0 Å². The largest absolute Gasteiger partial charge is 0.508 e. The number of phenols is 1. The maximum absolute atomic E-state index is 10.3. The van der Waals surface area contributed by atoms with Crippen molar-refractivity contribution in [2.24, 2.45) is 5.92 Å². The molecule has 0 saturated heterocycles. The number of rotatable bonds is 7. The molecule has 1 amide bonds. The smallest absolute Gasteiger partial charge is 0.404 e. The molecule has 0 saturated carbocycles. The molecule has 0 aliphatic rings. The van der Waals surface area contributed by atoms with E-state index in [4.69, 9.17) is 9.84 Å². The van der Waals surface area contributed by atoms with Crippen LogP contribution in [0.25, 0.3) is 0 Å². The molecule has 19 heavy (non-hydrogen) atoms. The van der Waals surface area contributed by atoms with Crippen molar-refractivity contribution in [1.82, 2.24) is 5.32 Å². The van der Waals surface area contributed by atoms with Crippen molar-refractivity contribution in [2.75, 3.05) is 13.2 Å². The highest BCUT2D eigenvalue weighted by Gasteiger charge is 2.06. The molecule has 0 aromatic heterocycles. The number of ether oxygens (including phenoxy) is 1. The molecule has 0 aliphatic carbocycles. The van der Waals surface area contributed by atoms with Gasteiger partial charge in [0, 0.05) is 12.6 Å². The van der Waals surface area contributed by atoms with Crippen LogP contribution < -0.4 is 10.1 Å². The zero-order chi connectivity index (χ0) is 14.3. The number of hydrogen-bond donors (Lipinski definition) is 3. The molecule has 1 rings (SSSR count). The Morgan fingerprint density at radius 3 is 2.79 bits per heavy atom. The van der Waals surface area contributed by atoms with Crippen molar-refractivity contribution >= 4 is 6.09 Å². The first-order chi connectivity index (χ1) is 9.02. The van der Waals surface area contributed by atoms with Gasteiger partial charge >= 0.3 is 6.09 Å².